The van der Waals surface area contributed by atoms with Crippen LogP contribution in [0.2, 0.25) is 0 Å². The molecule has 0 bridgehead atoms. The van der Waals surface area contributed by atoms with Crippen LogP contribution in [0.1, 0.15) is 40.5 Å². The minimum atomic E-state index is -0.477. The third kappa shape index (κ3) is 3.30. The molecule has 1 amide bonds. The number of amides is 1. The van der Waals surface area contributed by atoms with Crippen LogP contribution in [0.4, 0.5) is 10.1 Å². The fourth-order valence-corrected chi connectivity index (χ4v) is 3.35. The Balaban J connectivity index is 1.51. The lowest BCUT2D eigenvalue weighted by Gasteiger charge is -2.22. The van der Waals surface area contributed by atoms with E-state index < -0.39 is 5.82 Å². The van der Waals surface area contributed by atoms with Gasteiger partial charge < -0.3 is 15.0 Å². The predicted octanol–water partition coefficient (Wildman–Crippen LogP) is 2.90. The molecule has 3 aromatic heterocycles. The first kappa shape index (κ1) is 16.7. The van der Waals surface area contributed by atoms with Crippen LogP contribution in [0.5, 0.6) is 0 Å². The van der Waals surface area contributed by atoms with Gasteiger partial charge in [-0.15, -0.1) is 0 Å². The second-order valence-corrected chi connectivity index (χ2v) is 6.64. The highest BCUT2D eigenvalue weighted by molar-refractivity contribution is 6.04. The van der Waals surface area contributed by atoms with Crippen LogP contribution in [0.15, 0.2) is 36.8 Å². The molecule has 1 fully saturated rings. The number of pyridine rings is 2. The summed E-state index contributed by atoms with van der Waals surface area (Å²) >= 11 is 0. The molecular weight excluding hydrogens is 333 g/mol. The van der Waals surface area contributed by atoms with Crippen molar-refractivity contribution in [2.75, 3.05) is 18.4 Å². The van der Waals surface area contributed by atoms with Gasteiger partial charge in [-0.3, -0.25) is 9.78 Å². The van der Waals surface area contributed by atoms with Crippen LogP contribution < -0.4 is 10.6 Å². The summed E-state index contributed by atoms with van der Waals surface area (Å²) in [5.41, 5.74) is 2.80. The monoisotopic (exact) mass is 353 g/mol. The van der Waals surface area contributed by atoms with Crippen molar-refractivity contribution in [3.8, 4) is 0 Å². The smallest absolute Gasteiger partial charge is 0.257 e. The van der Waals surface area contributed by atoms with Crippen LogP contribution in [0.3, 0.4) is 0 Å². The first-order valence-electron chi connectivity index (χ1n) is 8.73. The molecule has 134 valence electrons. The Hall–Kier alpha value is -2.80. The first-order valence-corrected chi connectivity index (χ1v) is 8.73. The van der Waals surface area contributed by atoms with Gasteiger partial charge >= 0.3 is 0 Å². The Bertz CT molecular complexity index is 944. The Morgan fingerprint density at radius 3 is 2.85 bits per heavy atom. The maximum Gasteiger partial charge on any atom is 0.257 e. The predicted molar refractivity (Wildman–Crippen MR) is 96.9 cm³/mol. The van der Waals surface area contributed by atoms with Gasteiger partial charge in [0.1, 0.15) is 0 Å². The van der Waals surface area contributed by atoms with E-state index in [9.17, 15) is 9.18 Å². The number of nitrogens with zero attached hydrogens (tertiary/aromatic N) is 3. The highest BCUT2D eigenvalue weighted by atomic mass is 19.1. The molecule has 0 aliphatic carbocycles. The lowest BCUT2D eigenvalue weighted by atomic mass is 9.94. The van der Waals surface area contributed by atoms with Crippen molar-refractivity contribution in [2.45, 2.75) is 25.7 Å². The molecule has 0 radical (unpaired) electrons. The summed E-state index contributed by atoms with van der Waals surface area (Å²) in [6, 6.07) is 4.96. The number of hydrogen-bond acceptors (Lipinski definition) is 4. The normalized spacial score (nSPS) is 15.3. The number of halogens is 1. The molecular formula is C19H20FN5O. The van der Waals surface area contributed by atoms with Crippen molar-refractivity contribution in [3.63, 3.8) is 0 Å². The van der Waals surface area contributed by atoms with Crippen molar-refractivity contribution in [1.29, 1.82) is 0 Å². The molecule has 0 aromatic carbocycles. The summed E-state index contributed by atoms with van der Waals surface area (Å²) in [4.78, 5) is 21.0. The van der Waals surface area contributed by atoms with Crippen LogP contribution in [-0.2, 0) is 0 Å². The zero-order valence-corrected chi connectivity index (χ0v) is 14.5. The molecule has 0 spiro atoms. The van der Waals surface area contributed by atoms with Crippen molar-refractivity contribution in [1.82, 2.24) is 19.7 Å². The maximum absolute atomic E-state index is 14.1. The second kappa shape index (κ2) is 6.84. The van der Waals surface area contributed by atoms with E-state index in [0.717, 1.165) is 31.6 Å². The average Bonchev–Trinajstić information content (AvgIpc) is 3.03. The molecule has 0 unspecified atom stereocenters. The molecule has 6 nitrogen and oxygen atoms in total. The molecule has 4 rings (SSSR count). The fraction of sp³-hybridized carbons (Fsp3) is 0.316. The maximum atomic E-state index is 14.1. The van der Waals surface area contributed by atoms with E-state index in [1.54, 1.807) is 36.0 Å². The summed E-state index contributed by atoms with van der Waals surface area (Å²) in [7, 11) is 0. The molecule has 1 saturated heterocycles. The lowest BCUT2D eigenvalue weighted by molar-refractivity contribution is 0.102. The molecule has 1 aliphatic heterocycles. The molecule has 26 heavy (non-hydrogen) atoms. The van der Waals surface area contributed by atoms with Gasteiger partial charge in [0, 0.05) is 36.3 Å². The van der Waals surface area contributed by atoms with Crippen LogP contribution in [-0.4, -0.2) is 33.4 Å². The number of carbonyl (C=O) groups excluding carboxylic acids is 1. The highest BCUT2D eigenvalue weighted by Gasteiger charge is 2.17. The zero-order chi connectivity index (χ0) is 18.1. The molecule has 0 atom stereocenters. The Labute approximate surface area is 150 Å². The Kier molecular flexibility index (Phi) is 4.38. The molecule has 3 aromatic rings. The van der Waals surface area contributed by atoms with Crippen molar-refractivity contribution in [3.05, 3.63) is 59.6 Å². The number of aryl methyl sites for hydroxylation is 1. The quantitative estimate of drug-likeness (QED) is 0.759. The summed E-state index contributed by atoms with van der Waals surface area (Å²) < 4.78 is 15.7. The van der Waals surface area contributed by atoms with E-state index in [1.807, 2.05) is 6.07 Å². The molecule has 0 saturated carbocycles. The number of imidazole rings is 1. The Morgan fingerprint density at radius 1 is 1.31 bits per heavy atom. The third-order valence-corrected chi connectivity index (χ3v) is 4.69. The van der Waals surface area contributed by atoms with Crippen LogP contribution >= 0.6 is 0 Å². The molecule has 4 heterocycles. The number of hydrogen-bond donors (Lipinski definition) is 2. The third-order valence-electron chi connectivity index (χ3n) is 4.69. The molecule has 7 heteroatoms. The van der Waals surface area contributed by atoms with Crippen LogP contribution in [0.25, 0.3) is 5.65 Å². The Morgan fingerprint density at radius 2 is 2.12 bits per heavy atom. The average molecular weight is 353 g/mol. The minimum Gasteiger partial charge on any atom is -0.321 e. The van der Waals surface area contributed by atoms with E-state index in [2.05, 4.69) is 20.6 Å². The van der Waals surface area contributed by atoms with Crippen molar-refractivity contribution in [2.24, 2.45) is 0 Å². The zero-order valence-electron chi connectivity index (χ0n) is 14.5. The van der Waals surface area contributed by atoms with E-state index in [-0.39, 0.29) is 11.6 Å². The van der Waals surface area contributed by atoms with E-state index in [4.69, 9.17) is 0 Å². The number of anilines is 1. The number of carbonyl (C=O) groups is 1. The standard InChI is InChI=1S/C19H20FN5O/c1-12-10-25-11-15(8-16(20)18(25)23-12)24-19(26)14-2-3-17(22-9-14)13-4-6-21-7-5-13/h2-3,8-11,13,21H,4-7H2,1H3,(H,24,26). The van der Waals surface area contributed by atoms with Crippen molar-refractivity contribution < 1.29 is 9.18 Å². The summed E-state index contributed by atoms with van der Waals surface area (Å²) in [6.07, 6.45) is 7.06. The van der Waals surface area contributed by atoms with Crippen molar-refractivity contribution >= 4 is 17.2 Å². The van der Waals surface area contributed by atoms with Crippen LogP contribution in [0, 0.1) is 12.7 Å². The highest BCUT2D eigenvalue weighted by Crippen LogP contribution is 2.23. The van der Waals surface area contributed by atoms with Gasteiger partial charge in [-0.1, -0.05) is 0 Å². The van der Waals surface area contributed by atoms with Gasteiger partial charge in [-0.25, -0.2) is 9.37 Å². The van der Waals surface area contributed by atoms with Gasteiger partial charge in [0.05, 0.1) is 16.9 Å². The molecule has 1 aliphatic rings. The van der Waals surface area contributed by atoms with Gasteiger partial charge in [-0.2, -0.15) is 0 Å². The number of aromatic nitrogens is 3. The fourth-order valence-electron chi connectivity index (χ4n) is 3.35. The number of fused-ring (bicyclic) bond motifs is 1. The number of rotatable bonds is 3. The van der Waals surface area contributed by atoms with E-state index >= 15 is 0 Å². The summed E-state index contributed by atoms with van der Waals surface area (Å²) in [5.74, 6) is -0.352. The first-order chi connectivity index (χ1) is 12.6. The number of piperidine rings is 1. The van der Waals surface area contributed by atoms with Gasteiger partial charge in [0.25, 0.3) is 5.91 Å². The summed E-state index contributed by atoms with van der Waals surface area (Å²) in [6.45, 7) is 3.78. The van der Waals surface area contributed by atoms with E-state index in [1.165, 1.54) is 6.07 Å². The van der Waals surface area contributed by atoms with Gasteiger partial charge in [0.15, 0.2) is 11.5 Å². The SMILES string of the molecule is Cc1cn2cc(NC(=O)c3ccc(C4CCNCC4)nc3)cc(F)c2n1. The van der Waals surface area contributed by atoms with E-state index in [0.29, 0.717) is 22.9 Å². The molecule has 2 N–H and O–H groups in total. The topological polar surface area (TPSA) is 71.3 Å². The minimum absolute atomic E-state index is 0.244. The summed E-state index contributed by atoms with van der Waals surface area (Å²) in [5, 5.41) is 6.05. The van der Waals surface area contributed by atoms with Gasteiger partial charge in [0.2, 0.25) is 0 Å². The lowest BCUT2D eigenvalue weighted by Crippen LogP contribution is -2.27. The number of nitrogens with one attached hydrogen (secondary N) is 2. The second-order valence-electron chi connectivity index (χ2n) is 6.64. The van der Waals surface area contributed by atoms with Gasteiger partial charge in [-0.05, 0) is 45.0 Å². The largest absolute Gasteiger partial charge is 0.321 e.